The second kappa shape index (κ2) is 45.3. The average molecular weight is 793 g/mol. The Morgan fingerprint density at radius 3 is 1.05 bits per heavy atom. The summed E-state index contributed by atoms with van der Waals surface area (Å²) < 4.78 is 16.7. The third kappa shape index (κ3) is 43.6. The number of hydrogen-bond acceptors (Lipinski definition) is 6. The minimum atomic E-state index is -0.802. The Balaban J connectivity index is 4.46. The van der Waals surface area contributed by atoms with Crippen LogP contribution < -0.4 is 0 Å². The fraction of sp³-hybridized carbons (Fsp3) is 0.667. The maximum atomic E-state index is 12.7. The van der Waals surface area contributed by atoms with Gasteiger partial charge in [0.15, 0.2) is 6.10 Å². The Morgan fingerprint density at radius 2 is 0.649 bits per heavy atom. The zero-order chi connectivity index (χ0) is 41.5. The number of unbranched alkanes of at least 4 members (excludes halogenated alkanes) is 15. The van der Waals surface area contributed by atoms with Crippen molar-refractivity contribution in [1.82, 2.24) is 0 Å². The van der Waals surface area contributed by atoms with E-state index in [0.29, 0.717) is 19.3 Å². The van der Waals surface area contributed by atoms with Crippen LogP contribution in [0.2, 0.25) is 0 Å². The van der Waals surface area contributed by atoms with Gasteiger partial charge in [0.2, 0.25) is 0 Å². The van der Waals surface area contributed by atoms with Crippen LogP contribution in [0.25, 0.3) is 0 Å². The van der Waals surface area contributed by atoms with Crippen LogP contribution in [-0.2, 0) is 28.6 Å². The van der Waals surface area contributed by atoms with Crippen molar-refractivity contribution in [3.8, 4) is 0 Å². The van der Waals surface area contributed by atoms with E-state index in [1.165, 1.54) is 51.4 Å². The fourth-order valence-corrected chi connectivity index (χ4v) is 6.01. The Morgan fingerprint density at radius 1 is 0.351 bits per heavy atom. The van der Waals surface area contributed by atoms with Crippen LogP contribution in [-0.4, -0.2) is 37.2 Å². The van der Waals surface area contributed by atoms with Gasteiger partial charge >= 0.3 is 17.9 Å². The number of carbonyl (C=O) groups is 3. The van der Waals surface area contributed by atoms with Crippen LogP contribution in [0, 0.1) is 0 Å². The van der Waals surface area contributed by atoms with Crippen molar-refractivity contribution in [3.05, 3.63) is 85.1 Å². The first kappa shape index (κ1) is 53.6. The summed E-state index contributed by atoms with van der Waals surface area (Å²) >= 11 is 0. The van der Waals surface area contributed by atoms with Gasteiger partial charge in [0.25, 0.3) is 0 Å². The van der Waals surface area contributed by atoms with Gasteiger partial charge in [-0.1, -0.05) is 170 Å². The van der Waals surface area contributed by atoms with E-state index in [4.69, 9.17) is 14.2 Å². The normalized spacial score (nSPS) is 12.8. The molecule has 0 aliphatic heterocycles. The SMILES string of the molecule is CC/C=C\C/C=C\C/C=C\CCCC(=O)OCC(COC(=O)CCCCCCCCC/C=C\C/C=C\CC)OC(=O)CCCCCCCCC/C=C\C/C=C\CC. The maximum Gasteiger partial charge on any atom is 0.306 e. The highest BCUT2D eigenvalue weighted by Crippen LogP contribution is 2.13. The van der Waals surface area contributed by atoms with E-state index in [2.05, 4.69) is 106 Å². The number of hydrogen-bond donors (Lipinski definition) is 0. The minimum absolute atomic E-state index is 0.101. The third-order valence-corrected chi connectivity index (χ3v) is 9.38. The van der Waals surface area contributed by atoms with Crippen molar-refractivity contribution in [2.45, 2.75) is 207 Å². The molecule has 57 heavy (non-hydrogen) atoms. The fourth-order valence-electron chi connectivity index (χ4n) is 6.01. The van der Waals surface area contributed by atoms with Crippen LogP contribution in [0.3, 0.4) is 0 Å². The topological polar surface area (TPSA) is 78.9 Å². The predicted octanol–water partition coefficient (Wildman–Crippen LogP) is 14.9. The monoisotopic (exact) mass is 793 g/mol. The van der Waals surface area contributed by atoms with Gasteiger partial charge < -0.3 is 14.2 Å². The Kier molecular flexibility index (Phi) is 42.6. The van der Waals surface area contributed by atoms with E-state index < -0.39 is 6.10 Å². The Bertz CT molecular complexity index is 1140. The van der Waals surface area contributed by atoms with Gasteiger partial charge in [-0.2, -0.15) is 0 Å². The molecule has 0 bridgehead atoms. The Hall–Kier alpha value is -3.41. The lowest BCUT2D eigenvalue weighted by Crippen LogP contribution is -2.30. The number of ether oxygens (including phenoxy) is 3. The zero-order valence-electron chi connectivity index (χ0n) is 36.8. The first-order valence-electron chi connectivity index (χ1n) is 23.1. The summed E-state index contributed by atoms with van der Waals surface area (Å²) in [4.78, 5) is 37.8. The molecule has 0 saturated carbocycles. The zero-order valence-corrected chi connectivity index (χ0v) is 36.8. The van der Waals surface area contributed by atoms with Gasteiger partial charge in [0.05, 0.1) is 0 Å². The van der Waals surface area contributed by atoms with Gasteiger partial charge in [-0.25, -0.2) is 0 Å². The largest absolute Gasteiger partial charge is 0.462 e. The molecule has 0 aliphatic rings. The van der Waals surface area contributed by atoms with Crippen LogP contribution in [0.1, 0.15) is 201 Å². The number of allylic oxidation sites excluding steroid dienone is 14. The summed E-state index contributed by atoms with van der Waals surface area (Å²) in [5.74, 6) is -0.981. The summed E-state index contributed by atoms with van der Waals surface area (Å²) in [5, 5.41) is 0. The highest BCUT2D eigenvalue weighted by atomic mass is 16.6. The number of esters is 3. The maximum absolute atomic E-state index is 12.7. The van der Waals surface area contributed by atoms with E-state index in [1.807, 2.05) is 0 Å². The lowest BCUT2D eigenvalue weighted by Gasteiger charge is -2.18. The smallest absolute Gasteiger partial charge is 0.306 e. The average Bonchev–Trinajstić information content (AvgIpc) is 3.21. The van der Waals surface area contributed by atoms with Crippen LogP contribution in [0.4, 0.5) is 0 Å². The van der Waals surface area contributed by atoms with Crippen molar-refractivity contribution in [2.75, 3.05) is 13.2 Å². The summed E-state index contributed by atoms with van der Waals surface area (Å²) in [6.45, 7) is 6.23. The van der Waals surface area contributed by atoms with E-state index in [0.717, 1.165) is 103 Å². The van der Waals surface area contributed by atoms with E-state index in [9.17, 15) is 14.4 Å². The van der Waals surface area contributed by atoms with E-state index in [1.54, 1.807) is 0 Å². The Labute approximate surface area is 350 Å². The number of rotatable bonds is 40. The molecule has 0 N–H and O–H groups in total. The van der Waals surface area contributed by atoms with Gasteiger partial charge in [0, 0.05) is 19.3 Å². The molecule has 0 spiro atoms. The molecule has 0 aliphatic carbocycles. The molecule has 0 rings (SSSR count). The van der Waals surface area contributed by atoms with Gasteiger partial charge in [-0.05, 0) is 96.3 Å². The summed E-state index contributed by atoms with van der Waals surface area (Å²) in [6.07, 6.45) is 57.2. The van der Waals surface area contributed by atoms with Crippen LogP contribution >= 0.6 is 0 Å². The van der Waals surface area contributed by atoms with Crippen molar-refractivity contribution in [1.29, 1.82) is 0 Å². The predicted molar refractivity (Wildman–Crippen MR) is 242 cm³/mol. The lowest BCUT2D eigenvalue weighted by atomic mass is 10.1. The second-order valence-corrected chi connectivity index (χ2v) is 14.9. The number of carbonyl (C=O) groups excluding carboxylic acids is 3. The molecule has 0 aromatic carbocycles. The van der Waals surface area contributed by atoms with Gasteiger partial charge in [-0.15, -0.1) is 0 Å². The van der Waals surface area contributed by atoms with Gasteiger partial charge in [-0.3, -0.25) is 14.4 Å². The molecule has 0 amide bonds. The summed E-state index contributed by atoms with van der Waals surface area (Å²) in [5.41, 5.74) is 0. The third-order valence-electron chi connectivity index (χ3n) is 9.38. The van der Waals surface area contributed by atoms with Crippen molar-refractivity contribution in [2.24, 2.45) is 0 Å². The molecule has 1 unspecified atom stereocenters. The molecule has 0 radical (unpaired) electrons. The quantitative estimate of drug-likeness (QED) is 0.0266. The molecule has 6 nitrogen and oxygen atoms in total. The molecular formula is C51H84O6. The molecule has 6 heteroatoms. The second-order valence-electron chi connectivity index (χ2n) is 14.9. The molecule has 0 fully saturated rings. The molecular weight excluding hydrogens is 709 g/mol. The first-order valence-corrected chi connectivity index (χ1v) is 23.1. The van der Waals surface area contributed by atoms with Crippen LogP contribution in [0.5, 0.6) is 0 Å². The highest BCUT2D eigenvalue weighted by Gasteiger charge is 2.19. The molecule has 0 heterocycles. The lowest BCUT2D eigenvalue weighted by molar-refractivity contribution is -0.167. The summed E-state index contributed by atoms with van der Waals surface area (Å²) in [6, 6.07) is 0. The molecule has 324 valence electrons. The standard InChI is InChI=1S/C51H84O6/c1-4-7-10-13-16-19-22-24-26-29-32-35-38-41-44-50(53)56-47-48(46-55-49(52)43-40-37-34-31-28-21-18-15-12-9-6-3)57-51(54)45-42-39-36-33-30-27-25-23-20-17-14-11-8-5-2/h7-12,16-21,31,34,48H,4-6,13-15,22-30,32-33,35-47H2,1-3H3/b10-7-,11-8-,12-9-,19-16-,20-17-,21-18-,34-31-. The molecule has 0 aromatic rings. The van der Waals surface area contributed by atoms with Gasteiger partial charge in [0.1, 0.15) is 13.2 Å². The molecule has 0 aromatic heterocycles. The van der Waals surface area contributed by atoms with E-state index in [-0.39, 0.29) is 37.5 Å². The molecule has 1 atom stereocenters. The highest BCUT2D eigenvalue weighted by molar-refractivity contribution is 5.71. The minimum Gasteiger partial charge on any atom is -0.462 e. The van der Waals surface area contributed by atoms with Crippen molar-refractivity contribution in [3.63, 3.8) is 0 Å². The van der Waals surface area contributed by atoms with E-state index >= 15 is 0 Å². The van der Waals surface area contributed by atoms with Crippen molar-refractivity contribution >= 4 is 17.9 Å². The van der Waals surface area contributed by atoms with Crippen molar-refractivity contribution < 1.29 is 28.6 Å². The molecule has 0 saturated heterocycles. The van der Waals surface area contributed by atoms with Crippen LogP contribution in [0.15, 0.2) is 85.1 Å². The summed E-state index contributed by atoms with van der Waals surface area (Å²) in [7, 11) is 0. The first-order chi connectivity index (χ1) is 28.0.